The molecule has 16 heavy (non-hydrogen) atoms. The van der Waals surface area contributed by atoms with E-state index >= 15 is 0 Å². The second-order valence-electron chi connectivity index (χ2n) is 3.25. The maximum Gasteiger partial charge on any atom is 0.331 e. The predicted molar refractivity (Wildman–Crippen MR) is 56.4 cm³/mol. The molecule has 1 rings (SSSR count). The molecule has 0 aromatic carbocycles. The van der Waals surface area contributed by atoms with E-state index in [-0.39, 0.29) is 12.1 Å². The Balaban J connectivity index is 3.15. The van der Waals surface area contributed by atoms with Gasteiger partial charge >= 0.3 is 5.69 Å². The summed E-state index contributed by atoms with van der Waals surface area (Å²) >= 11 is 0. The predicted octanol–water partition coefficient (Wildman–Crippen LogP) is -1.31. The fraction of sp³-hybridized carbons (Fsp3) is 0.444. The average Bonchev–Trinajstić information content (AvgIpc) is 2.22. The Morgan fingerprint density at radius 2 is 2.12 bits per heavy atom. The van der Waals surface area contributed by atoms with E-state index < -0.39 is 23.0 Å². The summed E-state index contributed by atoms with van der Waals surface area (Å²) in [6, 6.07) is 0. The normalized spacial score (nSPS) is 10.1. The summed E-state index contributed by atoms with van der Waals surface area (Å²) in [5.74, 6) is -0.897. The van der Waals surface area contributed by atoms with E-state index in [1.807, 2.05) is 4.98 Å². The summed E-state index contributed by atoms with van der Waals surface area (Å²) in [6.45, 7) is 3.20. The number of aromatic nitrogens is 2. The van der Waals surface area contributed by atoms with Crippen LogP contribution in [0, 0.1) is 6.92 Å². The molecule has 3 N–H and O–H groups in total. The molecule has 1 aromatic rings. The van der Waals surface area contributed by atoms with Crippen LogP contribution in [0.2, 0.25) is 0 Å². The summed E-state index contributed by atoms with van der Waals surface area (Å²) in [5, 5.41) is 12.0. The van der Waals surface area contributed by atoms with Gasteiger partial charge in [0.25, 0.3) is 5.56 Å². The van der Waals surface area contributed by atoms with E-state index in [1.165, 1.54) is 6.92 Å². The highest BCUT2D eigenvalue weighted by Gasteiger charge is 2.12. The number of carbonyl (C=O) groups excluding carboxylic acids is 1. The highest BCUT2D eigenvalue weighted by molar-refractivity contribution is 5.75. The van der Waals surface area contributed by atoms with Gasteiger partial charge in [-0.15, -0.1) is 0 Å². The van der Waals surface area contributed by atoms with Crippen molar-refractivity contribution >= 4 is 5.91 Å². The topological polar surface area (TPSA) is 104 Å². The molecule has 0 spiro atoms. The van der Waals surface area contributed by atoms with Gasteiger partial charge in [0.1, 0.15) is 6.54 Å². The van der Waals surface area contributed by atoms with Crippen molar-refractivity contribution in [3.63, 3.8) is 0 Å². The third-order valence-corrected chi connectivity index (χ3v) is 2.07. The van der Waals surface area contributed by atoms with E-state index in [4.69, 9.17) is 0 Å². The lowest BCUT2D eigenvalue weighted by atomic mass is 10.3. The van der Waals surface area contributed by atoms with E-state index in [9.17, 15) is 19.5 Å². The van der Waals surface area contributed by atoms with Crippen LogP contribution in [0.1, 0.15) is 12.5 Å². The molecule has 0 saturated carbocycles. The van der Waals surface area contributed by atoms with Crippen LogP contribution in [-0.4, -0.2) is 27.1 Å². The molecule has 0 unspecified atom stereocenters. The minimum absolute atomic E-state index is 0.00361. The van der Waals surface area contributed by atoms with Crippen LogP contribution in [0.5, 0.6) is 5.88 Å². The number of rotatable bonds is 3. The molecule has 1 heterocycles. The summed E-state index contributed by atoms with van der Waals surface area (Å²) in [5.41, 5.74) is -1.46. The van der Waals surface area contributed by atoms with Crippen LogP contribution in [0.4, 0.5) is 0 Å². The number of nitrogens with zero attached hydrogens (tertiary/aromatic N) is 1. The van der Waals surface area contributed by atoms with Gasteiger partial charge in [0.15, 0.2) is 0 Å². The van der Waals surface area contributed by atoms with Gasteiger partial charge in [0.05, 0.1) is 5.56 Å². The number of aromatic amines is 1. The Morgan fingerprint density at radius 1 is 1.50 bits per heavy atom. The molecule has 0 fully saturated rings. The first kappa shape index (κ1) is 12.0. The molecule has 1 amide bonds. The Kier molecular flexibility index (Phi) is 3.49. The van der Waals surface area contributed by atoms with Crippen LogP contribution in [-0.2, 0) is 11.3 Å². The largest absolute Gasteiger partial charge is 0.494 e. The van der Waals surface area contributed by atoms with E-state index in [2.05, 4.69) is 5.32 Å². The van der Waals surface area contributed by atoms with Crippen molar-refractivity contribution < 1.29 is 9.90 Å². The van der Waals surface area contributed by atoms with Crippen molar-refractivity contribution in [2.75, 3.05) is 6.54 Å². The molecule has 0 aliphatic carbocycles. The SMILES string of the molecule is CCNC(=O)Cn1c(O)c(C)c(=O)[nH]c1=O. The van der Waals surface area contributed by atoms with Gasteiger partial charge in [-0.3, -0.25) is 19.1 Å². The second-order valence-corrected chi connectivity index (χ2v) is 3.25. The van der Waals surface area contributed by atoms with Crippen LogP contribution in [0.3, 0.4) is 0 Å². The Bertz CT molecular complexity index is 514. The number of carbonyl (C=O) groups is 1. The van der Waals surface area contributed by atoms with Crippen molar-refractivity contribution in [1.29, 1.82) is 0 Å². The van der Waals surface area contributed by atoms with Gasteiger partial charge < -0.3 is 10.4 Å². The number of nitrogens with one attached hydrogen (secondary N) is 2. The molecule has 1 aromatic heterocycles. The van der Waals surface area contributed by atoms with Gasteiger partial charge in [0.2, 0.25) is 11.8 Å². The molecule has 0 bridgehead atoms. The van der Waals surface area contributed by atoms with E-state index in [1.54, 1.807) is 6.92 Å². The standard InChI is InChI=1S/C9H13N3O4/c1-3-10-6(13)4-12-8(15)5(2)7(14)11-9(12)16/h15H,3-4H2,1-2H3,(H,10,13)(H,11,14,16). The smallest absolute Gasteiger partial charge is 0.331 e. The van der Waals surface area contributed by atoms with Crippen LogP contribution >= 0.6 is 0 Å². The van der Waals surface area contributed by atoms with Gasteiger partial charge in [-0.1, -0.05) is 0 Å². The maximum absolute atomic E-state index is 11.3. The molecule has 0 aliphatic rings. The Labute approximate surface area is 90.7 Å². The fourth-order valence-corrected chi connectivity index (χ4v) is 1.20. The first-order chi connectivity index (χ1) is 7.47. The molecule has 7 heteroatoms. The number of hydrogen-bond acceptors (Lipinski definition) is 4. The summed E-state index contributed by atoms with van der Waals surface area (Å²) in [4.78, 5) is 35.7. The van der Waals surface area contributed by atoms with Crippen molar-refractivity contribution in [3.8, 4) is 5.88 Å². The van der Waals surface area contributed by atoms with Crippen LogP contribution in [0.15, 0.2) is 9.59 Å². The van der Waals surface area contributed by atoms with Crippen LogP contribution < -0.4 is 16.6 Å². The molecular weight excluding hydrogens is 214 g/mol. The maximum atomic E-state index is 11.3. The summed E-state index contributed by atoms with van der Waals surface area (Å²) in [6.07, 6.45) is 0. The van der Waals surface area contributed by atoms with Gasteiger partial charge in [-0.2, -0.15) is 0 Å². The highest BCUT2D eigenvalue weighted by Crippen LogP contribution is 2.06. The molecule has 88 valence electrons. The number of H-pyrrole nitrogens is 1. The third-order valence-electron chi connectivity index (χ3n) is 2.07. The van der Waals surface area contributed by atoms with Crippen LogP contribution in [0.25, 0.3) is 0 Å². The minimum Gasteiger partial charge on any atom is -0.494 e. The first-order valence-electron chi connectivity index (χ1n) is 4.76. The number of aromatic hydroxyl groups is 1. The third kappa shape index (κ3) is 2.30. The van der Waals surface area contributed by atoms with E-state index in [0.29, 0.717) is 6.54 Å². The van der Waals surface area contributed by atoms with Crippen molar-refractivity contribution in [3.05, 3.63) is 26.4 Å². The quantitative estimate of drug-likeness (QED) is 0.596. The Morgan fingerprint density at radius 3 is 2.69 bits per heavy atom. The molecule has 0 aliphatic heterocycles. The monoisotopic (exact) mass is 227 g/mol. The summed E-state index contributed by atoms with van der Waals surface area (Å²) in [7, 11) is 0. The van der Waals surface area contributed by atoms with Crippen molar-refractivity contribution in [2.45, 2.75) is 20.4 Å². The number of likely N-dealkylation sites (N-methyl/N-ethyl adjacent to an activating group) is 1. The lowest BCUT2D eigenvalue weighted by Crippen LogP contribution is -2.36. The molecule has 7 nitrogen and oxygen atoms in total. The van der Waals surface area contributed by atoms with E-state index in [0.717, 1.165) is 4.57 Å². The highest BCUT2D eigenvalue weighted by atomic mass is 16.3. The zero-order chi connectivity index (χ0) is 12.3. The zero-order valence-corrected chi connectivity index (χ0v) is 9.03. The number of hydrogen-bond donors (Lipinski definition) is 3. The second kappa shape index (κ2) is 4.65. The average molecular weight is 227 g/mol. The minimum atomic E-state index is -0.806. The Hall–Kier alpha value is -2.05. The summed E-state index contributed by atoms with van der Waals surface area (Å²) < 4.78 is 0.807. The number of amides is 1. The fourth-order valence-electron chi connectivity index (χ4n) is 1.20. The van der Waals surface area contributed by atoms with Gasteiger partial charge in [0, 0.05) is 6.54 Å². The lowest BCUT2D eigenvalue weighted by molar-refractivity contribution is -0.121. The van der Waals surface area contributed by atoms with Gasteiger partial charge in [-0.25, -0.2) is 4.79 Å². The molecule has 0 radical (unpaired) electrons. The van der Waals surface area contributed by atoms with Gasteiger partial charge in [-0.05, 0) is 13.8 Å². The first-order valence-corrected chi connectivity index (χ1v) is 4.76. The molecule has 0 saturated heterocycles. The zero-order valence-electron chi connectivity index (χ0n) is 9.03. The molecular formula is C9H13N3O4. The van der Waals surface area contributed by atoms with Crippen molar-refractivity contribution in [1.82, 2.24) is 14.9 Å². The molecule has 0 atom stereocenters. The lowest BCUT2D eigenvalue weighted by Gasteiger charge is -2.08. The van der Waals surface area contributed by atoms with Crippen molar-refractivity contribution in [2.24, 2.45) is 0 Å².